The van der Waals surface area contributed by atoms with E-state index in [0.29, 0.717) is 28.6 Å². The van der Waals surface area contributed by atoms with Crippen LogP contribution in [0.4, 0.5) is 14.7 Å². The molecule has 0 aliphatic carbocycles. The standard InChI is InChI=1S/C22H28F2N6/c1-7-15(16-10-25-21(27-13(16)2)26-12-22(4,5)6)17-8-9-18-20(29-17)30(11-19(23)24)14(3)28-18/h7-10,19H,11-12H2,1-6H3,(H,25,26,27)/b15-7+. The number of hydrogen-bond acceptors (Lipinski definition) is 5. The molecule has 30 heavy (non-hydrogen) atoms. The Morgan fingerprint density at radius 1 is 1.17 bits per heavy atom. The number of halogens is 2. The monoisotopic (exact) mass is 414 g/mol. The Kier molecular flexibility index (Phi) is 6.14. The Labute approximate surface area is 175 Å². The van der Waals surface area contributed by atoms with Gasteiger partial charge in [-0.25, -0.2) is 28.7 Å². The minimum absolute atomic E-state index is 0.114. The first-order valence-electron chi connectivity index (χ1n) is 9.95. The van der Waals surface area contributed by atoms with Crippen molar-refractivity contribution in [3.8, 4) is 0 Å². The largest absolute Gasteiger partial charge is 0.354 e. The summed E-state index contributed by atoms with van der Waals surface area (Å²) in [7, 11) is 0. The molecule has 8 heteroatoms. The molecule has 0 bridgehead atoms. The molecule has 0 atom stereocenters. The molecule has 0 saturated heterocycles. The van der Waals surface area contributed by atoms with Crippen LogP contribution < -0.4 is 5.32 Å². The second-order valence-electron chi connectivity index (χ2n) is 8.51. The minimum atomic E-state index is -2.48. The van der Waals surface area contributed by atoms with Gasteiger partial charge in [0.15, 0.2) is 5.65 Å². The van der Waals surface area contributed by atoms with Crippen LogP contribution in [0.15, 0.2) is 24.4 Å². The van der Waals surface area contributed by atoms with Gasteiger partial charge in [-0.2, -0.15) is 0 Å². The van der Waals surface area contributed by atoms with E-state index in [1.807, 2.05) is 32.1 Å². The van der Waals surface area contributed by atoms with Gasteiger partial charge in [0.25, 0.3) is 6.43 Å². The Hall–Kier alpha value is -2.90. The lowest BCUT2D eigenvalue weighted by molar-refractivity contribution is 0.127. The maximum absolute atomic E-state index is 13.0. The summed E-state index contributed by atoms with van der Waals surface area (Å²) in [4.78, 5) is 18.0. The molecule has 0 fully saturated rings. The van der Waals surface area contributed by atoms with Crippen molar-refractivity contribution in [1.82, 2.24) is 24.5 Å². The van der Waals surface area contributed by atoms with Crippen molar-refractivity contribution in [1.29, 1.82) is 0 Å². The molecule has 0 aliphatic heterocycles. The zero-order valence-corrected chi connectivity index (χ0v) is 18.3. The Morgan fingerprint density at radius 3 is 2.50 bits per heavy atom. The predicted molar refractivity (Wildman–Crippen MR) is 116 cm³/mol. The molecule has 0 spiro atoms. The number of alkyl halides is 2. The van der Waals surface area contributed by atoms with Gasteiger partial charge in [0.2, 0.25) is 5.95 Å². The van der Waals surface area contributed by atoms with Crippen LogP contribution in [-0.2, 0) is 6.54 Å². The quantitative estimate of drug-likeness (QED) is 0.614. The summed E-state index contributed by atoms with van der Waals surface area (Å²) < 4.78 is 27.5. The van der Waals surface area contributed by atoms with E-state index in [4.69, 9.17) is 0 Å². The van der Waals surface area contributed by atoms with Crippen LogP contribution in [0.2, 0.25) is 0 Å². The van der Waals surface area contributed by atoms with Gasteiger partial charge in [0.05, 0.1) is 17.9 Å². The van der Waals surface area contributed by atoms with Crippen LogP contribution in [0.25, 0.3) is 16.7 Å². The molecule has 6 nitrogen and oxygen atoms in total. The van der Waals surface area contributed by atoms with Gasteiger partial charge >= 0.3 is 0 Å². The van der Waals surface area contributed by atoms with Crippen molar-refractivity contribution in [2.75, 3.05) is 11.9 Å². The van der Waals surface area contributed by atoms with E-state index in [2.05, 4.69) is 46.0 Å². The number of rotatable bonds is 6. The number of imidazole rings is 1. The zero-order chi connectivity index (χ0) is 22.1. The van der Waals surface area contributed by atoms with Gasteiger partial charge in [0.1, 0.15) is 11.3 Å². The topological polar surface area (TPSA) is 68.5 Å². The van der Waals surface area contributed by atoms with E-state index < -0.39 is 13.0 Å². The molecule has 3 aromatic rings. The smallest absolute Gasteiger partial charge is 0.256 e. The highest BCUT2D eigenvalue weighted by Gasteiger charge is 2.17. The molecule has 0 aliphatic rings. The fourth-order valence-corrected chi connectivity index (χ4v) is 3.22. The summed E-state index contributed by atoms with van der Waals surface area (Å²) >= 11 is 0. The number of fused-ring (bicyclic) bond motifs is 1. The number of allylic oxidation sites excluding steroid dienone is 1. The van der Waals surface area contributed by atoms with Gasteiger partial charge in [-0.1, -0.05) is 26.8 Å². The van der Waals surface area contributed by atoms with Crippen LogP contribution in [0.3, 0.4) is 0 Å². The number of hydrogen-bond donors (Lipinski definition) is 1. The normalized spacial score (nSPS) is 12.8. The molecular formula is C22H28F2N6. The summed E-state index contributed by atoms with van der Waals surface area (Å²) in [5, 5.41) is 3.26. The second-order valence-corrected chi connectivity index (χ2v) is 8.51. The van der Waals surface area contributed by atoms with Crippen LogP contribution in [0.5, 0.6) is 0 Å². The van der Waals surface area contributed by atoms with E-state index >= 15 is 0 Å². The lowest BCUT2D eigenvalue weighted by Gasteiger charge is -2.19. The summed E-state index contributed by atoms with van der Waals surface area (Å²) in [5.74, 6) is 1.10. The van der Waals surface area contributed by atoms with Crippen molar-refractivity contribution in [3.63, 3.8) is 0 Å². The first-order chi connectivity index (χ1) is 14.1. The summed E-state index contributed by atoms with van der Waals surface area (Å²) in [5.41, 5.74) is 4.34. The van der Waals surface area contributed by atoms with E-state index in [-0.39, 0.29) is 5.41 Å². The molecule has 0 unspecified atom stereocenters. The molecule has 0 amide bonds. The van der Waals surface area contributed by atoms with Gasteiger partial charge in [-0.05, 0) is 38.3 Å². The first kappa shape index (κ1) is 21.8. The molecule has 160 valence electrons. The molecule has 3 heterocycles. The van der Waals surface area contributed by atoms with Crippen molar-refractivity contribution >= 4 is 22.7 Å². The molecule has 0 saturated carbocycles. The highest BCUT2D eigenvalue weighted by atomic mass is 19.3. The average molecular weight is 415 g/mol. The summed E-state index contributed by atoms with van der Waals surface area (Å²) in [6, 6.07) is 3.66. The molecule has 1 N–H and O–H groups in total. The second kappa shape index (κ2) is 8.45. The van der Waals surface area contributed by atoms with E-state index in [1.165, 1.54) is 4.57 Å². The van der Waals surface area contributed by atoms with Gasteiger partial charge in [-0.3, -0.25) is 0 Å². The SMILES string of the molecule is C/C=C(/c1ccc2nc(C)n(CC(F)F)c2n1)c1cnc(NCC(C)(C)C)nc1C. The lowest BCUT2D eigenvalue weighted by Crippen LogP contribution is -2.20. The third-order valence-corrected chi connectivity index (χ3v) is 4.71. The molecule has 3 aromatic heterocycles. The maximum Gasteiger partial charge on any atom is 0.256 e. The molecule has 0 aromatic carbocycles. The van der Waals surface area contributed by atoms with Gasteiger partial charge in [-0.15, -0.1) is 0 Å². The predicted octanol–water partition coefficient (Wildman–Crippen LogP) is 5.01. The number of nitrogens with zero attached hydrogens (tertiary/aromatic N) is 5. The Bertz CT molecular complexity index is 1080. The van der Waals surface area contributed by atoms with Crippen molar-refractivity contribution < 1.29 is 8.78 Å². The van der Waals surface area contributed by atoms with Crippen molar-refractivity contribution in [2.45, 2.75) is 54.5 Å². The summed E-state index contributed by atoms with van der Waals surface area (Å²) in [6.45, 7) is 12.3. The van der Waals surface area contributed by atoms with Crippen LogP contribution in [0, 0.1) is 19.3 Å². The third kappa shape index (κ3) is 4.80. The average Bonchev–Trinajstić information content (AvgIpc) is 2.96. The number of aryl methyl sites for hydroxylation is 2. The van der Waals surface area contributed by atoms with E-state index in [0.717, 1.165) is 23.4 Å². The fraction of sp³-hybridized carbons (Fsp3) is 0.455. The highest BCUT2D eigenvalue weighted by molar-refractivity contribution is 5.82. The first-order valence-corrected chi connectivity index (χ1v) is 9.95. The van der Waals surface area contributed by atoms with E-state index in [9.17, 15) is 8.78 Å². The van der Waals surface area contributed by atoms with Gasteiger partial charge < -0.3 is 9.88 Å². The highest BCUT2D eigenvalue weighted by Crippen LogP contribution is 2.27. The number of aromatic nitrogens is 5. The summed E-state index contributed by atoms with van der Waals surface area (Å²) in [6.07, 6.45) is 1.23. The van der Waals surface area contributed by atoms with Crippen LogP contribution in [0.1, 0.15) is 50.5 Å². The number of pyridine rings is 1. The third-order valence-electron chi connectivity index (χ3n) is 4.71. The van der Waals surface area contributed by atoms with E-state index in [1.54, 1.807) is 13.1 Å². The molecule has 0 radical (unpaired) electrons. The molecular weight excluding hydrogens is 386 g/mol. The molecule has 3 rings (SSSR count). The zero-order valence-electron chi connectivity index (χ0n) is 18.3. The van der Waals surface area contributed by atoms with Crippen molar-refractivity contribution in [3.05, 3.63) is 47.2 Å². The number of anilines is 1. The minimum Gasteiger partial charge on any atom is -0.354 e. The Morgan fingerprint density at radius 2 is 1.90 bits per heavy atom. The lowest BCUT2D eigenvalue weighted by atomic mass is 9.97. The number of nitrogens with one attached hydrogen (secondary N) is 1. The van der Waals surface area contributed by atoms with Crippen molar-refractivity contribution in [2.24, 2.45) is 5.41 Å². The maximum atomic E-state index is 13.0. The fourth-order valence-electron chi connectivity index (χ4n) is 3.22. The van der Waals surface area contributed by atoms with Gasteiger partial charge in [0, 0.05) is 23.9 Å². The van der Waals surface area contributed by atoms with Crippen LogP contribution in [-0.4, -0.2) is 37.5 Å². The Balaban J connectivity index is 1.97. The van der Waals surface area contributed by atoms with Crippen LogP contribution >= 0.6 is 0 Å².